The summed E-state index contributed by atoms with van der Waals surface area (Å²) in [5.74, 6) is 0.855. The monoisotopic (exact) mass is 368 g/mol. The Bertz CT molecular complexity index is 547. The van der Waals surface area contributed by atoms with Gasteiger partial charge in [-0.05, 0) is 36.5 Å². The van der Waals surface area contributed by atoms with Crippen LogP contribution in [0, 0.1) is 5.92 Å². The molecule has 0 heterocycles. The summed E-state index contributed by atoms with van der Waals surface area (Å²) in [5, 5.41) is 16.0. The maximum atomic E-state index is 12.5. The second-order valence-corrected chi connectivity index (χ2v) is 6.54. The summed E-state index contributed by atoms with van der Waals surface area (Å²) >= 11 is 0. The number of hydrogen-bond acceptors (Lipinski definition) is 6. The average molecular weight is 368 g/mol. The summed E-state index contributed by atoms with van der Waals surface area (Å²) in [5.41, 5.74) is 0.927. The van der Waals surface area contributed by atoms with Crippen molar-refractivity contribution < 1.29 is 24.1 Å². The topological polar surface area (TPSA) is 89.1 Å². The summed E-state index contributed by atoms with van der Waals surface area (Å²) < 4.78 is 15.3. The molecule has 26 heavy (non-hydrogen) atoms. The maximum Gasteiger partial charge on any atom is 0.237 e. The molecule has 0 aliphatic rings. The molecule has 1 aromatic rings. The lowest BCUT2D eigenvalue weighted by Gasteiger charge is -2.22. The smallest absolute Gasteiger partial charge is 0.237 e. The van der Waals surface area contributed by atoms with Crippen LogP contribution in [0.4, 0.5) is 0 Å². The minimum atomic E-state index is -0.389. The minimum Gasteiger partial charge on any atom is -0.504 e. The van der Waals surface area contributed by atoms with E-state index in [1.165, 1.54) is 7.11 Å². The molecule has 3 N–H and O–H groups in total. The molecule has 0 fully saturated rings. The van der Waals surface area contributed by atoms with Gasteiger partial charge in [-0.25, -0.2) is 0 Å². The molecule has 1 amide bonds. The number of carbonyl (C=O) groups is 1. The molecule has 0 aromatic heterocycles. The predicted molar refractivity (Wildman–Crippen MR) is 100 cm³/mol. The molecular formula is C19H32N2O5. The summed E-state index contributed by atoms with van der Waals surface area (Å²) in [4.78, 5) is 12.5. The molecule has 0 spiro atoms. The number of nitrogens with one attached hydrogen (secondary N) is 2. The molecule has 1 rings (SSSR count). The van der Waals surface area contributed by atoms with Crippen LogP contribution in [0.15, 0.2) is 18.2 Å². The van der Waals surface area contributed by atoms with Crippen molar-refractivity contribution in [2.24, 2.45) is 5.92 Å². The first kappa shape index (κ1) is 22.2. The largest absolute Gasteiger partial charge is 0.504 e. The zero-order valence-corrected chi connectivity index (χ0v) is 16.4. The Balaban J connectivity index is 2.53. The Morgan fingerprint density at radius 1 is 1.19 bits per heavy atom. The number of carbonyl (C=O) groups excluding carboxylic acids is 1. The van der Waals surface area contributed by atoms with Gasteiger partial charge in [0.05, 0.1) is 13.2 Å². The van der Waals surface area contributed by atoms with Gasteiger partial charge in [-0.15, -0.1) is 0 Å². The lowest BCUT2D eigenvalue weighted by molar-refractivity contribution is -0.125. The van der Waals surface area contributed by atoms with Gasteiger partial charge in [0.2, 0.25) is 5.91 Å². The van der Waals surface area contributed by atoms with Crippen molar-refractivity contribution in [1.29, 1.82) is 0 Å². The molecule has 1 aromatic carbocycles. The number of methoxy groups -OCH3 is 3. The zero-order chi connectivity index (χ0) is 19.5. The second kappa shape index (κ2) is 11.7. The molecule has 0 aliphatic heterocycles. The number of phenols is 1. The average Bonchev–Trinajstić information content (AvgIpc) is 2.61. The Labute approximate surface area is 156 Å². The summed E-state index contributed by atoms with van der Waals surface area (Å²) in [6.07, 6.45) is 0.950. The van der Waals surface area contributed by atoms with Crippen molar-refractivity contribution in [3.63, 3.8) is 0 Å². The summed E-state index contributed by atoms with van der Waals surface area (Å²) in [6.45, 7) is 5.07. The highest BCUT2D eigenvalue weighted by molar-refractivity contribution is 5.81. The Morgan fingerprint density at radius 2 is 1.88 bits per heavy atom. The first-order chi connectivity index (χ1) is 12.4. The van der Waals surface area contributed by atoms with E-state index in [4.69, 9.17) is 14.2 Å². The number of aromatic hydroxyl groups is 1. The van der Waals surface area contributed by atoms with Gasteiger partial charge in [0, 0.05) is 27.3 Å². The van der Waals surface area contributed by atoms with E-state index in [0.29, 0.717) is 31.2 Å². The molecule has 0 bridgehead atoms. The second-order valence-electron chi connectivity index (χ2n) is 6.54. The van der Waals surface area contributed by atoms with Gasteiger partial charge in [-0.1, -0.05) is 19.9 Å². The SMILES string of the molecule is COc1ccc(CCNC(=O)C(CC(C)C)NCC(OC)OC)cc1O. The minimum absolute atomic E-state index is 0.0533. The molecule has 0 radical (unpaired) electrons. The van der Waals surface area contributed by atoms with E-state index in [1.54, 1.807) is 26.4 Å². The molecule has 1 unspecified atom stereocenters. The third-order valence-electron chi connectivity index (χ3n) is 4.04. The van der Waals surface area contributed by atoms with Gasteiger partial charge in [-0.2, -0.15) is 0 Å². The molecule has 1 atom stereocenters. The number of ether oxygens (including phenoxy) is 3. The fraction of sp³-hybridized carbons (Fsp3) is 0.632. The van der Waals surface area contributed by atoms with Crippen LogP contribution in [0.25, 0.3) is 0 Å². The van der Waals surface area contributed by atoms with Crippen LogP contribution in [0.3, 0.4) is 0 Å². The maximum absolute atomic E-state index is 12.5. The van der Waals surface area contributed by atoms with Gasteiger partial charge in [0.25, 0.3) is 0 Å². The van der Waals surface area contributed by atoms with Crippen molar-refractivity contribution in [1.82, 2.24) is 10.6 Å². The zero-order valence-electron chi connectivity index (χ0n) is 16.4. The standard InChI is InChI=1S/C19H32N2O5/c1-13(2)10-15(21-12-18(25-4)26-5)19(23)20-9-8-14-6-7-17(24-3)16(22)11-14/h6-7,11,13,15,18,21-22H,8-10,12H2,1-5H3,(H,20,23). The molecule has 7 nitrogen and oxygen atoms in total. The van der Waals surface area contributed by atoms with E-state index in [-0.39, 0.29) is 24.0 Å². The predicted octanol–water partition coefficient (Wildman–Crippen LogP) is 1.68. The fourth-order valence-electron chi connectivity index (χ4n) is 2.60. The molecule has 0 saturated heterocycles. The van der Waals surface area contributed by atoms with Gasteiger partial charge in [0.1, 0.15) is 0 Å². The van der Waals surface area contributed by atoms with Crippen LogP contribution in [0.2, 0.25) is 0 Å². The first-order valence-electron chi connectivity index (χ1n) is 8.83. The third-order valence-corrected chi connectivity index (χ3v) is 4.04. The Kier molecular flexibility index (Phi) is 10.0. The van der Waals surface area contributed by atoms with Gasteiger partial charge in [-0.3, -0.25) is 4.79 Å². The van der Waals surface area contributed by atoms with Crippen LogP contribution < -0.4 is 15.4 Å². The molecular weight excluding hydrogens is 336 g/mol. The van der Waals surface area contributed by atoms with Crippen LogP contribution in [0.5, 0.6) is 11.5 Å². The quantitative estimate of drug-likeness (QED) is 0.487. The molecule has 0 aliphatic carbocycles. The van der Waals surface area contributed by atoms with Crippen molar-refractivity contribution in [3.05, 3.63) is 23.8 Å². The van der Waals surface area contributed by atoms with E-state index < -0.39 is 0 Å². The fourth-order valence-corrected chi connectivity index (χ4v) is 2.60. The Morgan fingerprint density at radius 3 is 2.42 bits per heavy atom. The molecule has 148 valence electrons. The van der Waals surface area contributed by atoms with Crippen molar-refractivity contribution >= 4 is 5.91 Å². The van der Waals surface area contributed by atoms with Crippen LogP contribution in [-0.2, 0) is 20.7 Å². The van der Waals surface area contributed by atoms with Crippen LogP contribution in [0.1, 0.15) is 25.8 Å². The van der Waals surface area contributed by atoms with Gasteiger partial charge in [0.15, 0.2) is 17.8 Å². The summed E-state index contributed by atoms with van der Waals surface area (Å²) in [6, 6.07) is 4.92. The van der Waals surface area contributed by atoms with Crippen LogP contribution in [-0.4, -0.2) is 57.8 Å². The number of amides is 1. The highest BCUT2D eigenvalue weighted by Crippen LogP contribution is 2.26. The number of hydrogen-bond donors (Lipinski definition) is 3. The summed E-state index contributed by atoms with van der Waals surface area (Å²) in [7, 11) is 4.64. The third kappa shape index (κ3) is 7.59. The normalized spacial score (nSPS) is 12.4. The number of rotatable bonds is 12. The Hall–Kier alpha value is -1.83. The number of benzene rings is 1. The van der Waals surface area contributed by atoms with Gasteiger partial charge < -0.3 is 30.0 Å². The van der Waals surface area contributed by atoms with E-state index in [2.05, 4.69) is 24.5 Å². The van der Waals surface area contributed by atoms with E-state index in [0.717, 1.165) is 12.0 Å². The number of phenolic OH excluding ortho intramolecular Hbond substituents is 1. The van der Waals surface area contributed by atoms with Crippen LogP contribution >= 0.6 is 0 Å². The van der Waals surface area contributed by atoms with E-state index in [1.807, 2.05) is 6.07 Å². The van der Waals surface area contributed by atoms with E-state index in [9.17, 15) is 9.90 Å². The van der Waals surface area contributed by atoms with Crippen molar-refractivity contribution in [2.45, 2.75) is 39.0 Å². The van der Waals surface area contributed by atoms with Gasteiger partial charge >= 0.3 is 0 Å². The van der Waals surface area contributed by atoms with E-state index >= 15 is 0 Å². The lowest BCUT2D eigenvalue weighted by Crippen LogP contribution is -2.48. The highest BCUT2D eigenvalue weighted by atomic mass is 16.7. The highest BCUT2D eigenvalue weighted by Gasteiger charge is 2.20. The van der Waals surface area contributed by atoms with Crippen molar-refractivity contribution in [2.75, 3.05) is 34.4 Å². The molecule has 7 heteroatoms. The van der Waals surface area contributed by atoms with Crippen molar-refractivity contribution in [3.8, 4) is 11.5 Å². The lowest BCUT2D eigenvalue weighted by atomic mass is 10.0. The molecule has 0 saturated carbocycles. The first-order valence-corrected chi connectivity index (χ1v) is 8.83.